The Morgan fingerprint density at radius 1 is 1.45 bits per heavy atom. The second kappa shape index (κ2) is 5.21. The molecule has 1 unspecified atom stereocenters. The number of amides is 1. The fourth-order valence-corrected chi connectivity index (χ4v) is 3.69. The number of nitrogens with one attached hydrogen (secondary N) is 1. The number of aryl methyl sites for hydroxylation is 2. The molecule has 0 aliphatic carbocycles. The van der Waals surface area contributed by atoms with E-state index in [4.69, 9.17) is 0 Å². The number of benzene rings is 1. The summed E-state index contributed by atoms with van der Waals surface area (Å²) in [6.45, 7) is 2.80. The molecular weight excluding hydrogens is 296 g/mol. The fourth-order valence-electron chi connectivity index (χ4n) is 2.97. The van der Waals surface area contributed by atoms with Gasteiger partial charge in [-0.15, -0.1) is 11.3 Å². The molecule has 3 aromatic rings. The number of carbonyl (C=O) groups excluding carboxylic acids is 1. The molecule has 1 amide bonds. The Morgan fingerprint density at radius 3 is 3.27 bits per heavy atom. The highest BCUT2D eigenvalue weighted by molar-refractivity contribution is 7.16. The zero-order valence-electron chi connectivity index (χ0n) is 12.2. The first-order valence-corrected chi connectivity index (χ1v) is 8.24. The van der Waals surface area contributed by atoms with Crippen molar-refractivity contribution < 1.29 is 4.79 Å². The van der Waals surface area contributed by atoms with Gasteiger partial charge in [-0.2, -0.15) is 0 Å². The van der Waals surface area contributed by atoms with Crippen LogP contribution in [0.1, 0.15) is 28.3 Å². The summed E-state index contributed by atoms with van der Waals surface area (Å²) in [5.74, 6) is 1.11. The standard InChI is InChI=1S/C16H16N4OS/c1-10-7-20-8-12(3-5-15(20)18-10)19-16(21)11-2-4-13-14(6-11)22-9-17-13/h2,4,6-7,9,12H,3,5,8H2,1H3,(H,19,21). The van der Waals surface area contributed by atoms with Crippen LogP contribution in [0.5, 0.6) is 0 Å². The van der Waals surface area contributed by atoms with Gasteiger partial charge >= 0.3 is 0 Å². The Bertz CT molecular complexity index is 851. The minimum atomic E-state index is -0.0133. The van der Waals surface area contributed by atoms with Gasteiger partial charge in [-0.3, -0.25) is 4.79 Å². The van der Waals surface area contributed by atoms with Crippen LogP contribution in [-0.2, 0) is 13.0 Å². The van der Waals surface area contributed by atoms with Crippen molar-refractivity contribution in [1.29, 1.82) is 0 Å². The smallest absolute Gasteiger partial charge is 0.251 e. The highest BCUT2D eigenvalue weighted by Crippen LogP contribution is 2.20. The molecular formula is C16H16N4OS. The number of nitrogens with zero attached hydrogens (tertiary/aromatic N) is 3. The lowest BCUT2D eigenvalue weighted by molar-refractivity contribution is 0.0927. The van der Waals surface area contributed by atoms with Gasteiger partial charge < -0.3 is 9.88 Å². The van der Waals surface area contributed by atoms with E-state index >= 15 is 0 Å². The second-order valence-electron chi connectivity index (χ2n) is 5.69. The number of hydrogen-bond acceptors (Lipinski definition) is 4. The third kappa shape index (κ3) is 2.39. The molecule has 112 valence electrons. The molecule has 0 saturated carbocycles. The lowest BCUT2D eigenvalue weighted by Gasteiger charge is -2.24. The molecule has 0 spiro atoms. The lowest BCUT2D eigenvalue weighted by Crippen LogP contribution is -2.40. The average Bonchev–Trinajstić information content (AvgIpc) is 3.10. The van der Waals surface area contributed by atoms with Crippen molar-refractivity contribution in [3.8, 4) is 0 Å². The molecule has 5 nitrogen and oxygen atoms in total. The maximum absolute atomic E-state index is 12.4. The molecule has 0 saturated heterocycles. The first-order valence-electron chi connectivity index (χ1n) is 7.36. The number of imidazole rings is 1. The van der Waals surface area contributed by atoms with Gasteiger partial charge in [-0.05, 0) is 31.5 Å². The molecule has 22 heavy (non-hydrogen) atoms. The molecule has 1 aliphatic rings. The van der Waals surface area contributed by atoms with Crippen molar-refractivity contribution in [2.45, 2.75) is 32.4 Å². The van der Waals surface area contributed by atoms with Crippen molar-refractivity contribution in [3.63, 3.8) is 0 Å². The van der Waals surface area contributed by atoms with E-state index in [0.29, 0.717) is 5.56 Å². The Labute approximate surface area is 132 Å². The van der Waals surface area contributed by atoms with Gasteiger partial charge in [-0.25, -0.2) is 9.97 Å². The molecule has 1 aromatic carbocycles. The summed E-state index contributed by atoms with van der Waals surface area (Å²) in [4.78, 5) is 21.2. The topological polar surface area (TPSA) is 59.8 Å². The summed E-state index contributed by atoms with van der Waals surface area (Å²) < 4.78 is 3.19. The van der Waals surface area contributed by atoms with Crippen molar-refractivity contribution in [2.75, 3.05) is 0 Å². The predicted octanol–water partition coefficient (Wildman–Crippen LogP) is 2.55. The third-order valence-corrected chi connectivity index (χ3v) is 4.83. The highest BCUT2D eigenvalue weighted by atomic mass is 32.1. The van der Waals surface area contributed by atoms with E-state index in [-0.39, 0.29) is 11.9 Å². The van der Waals surface area contributed by atoms with Crippen molar-refractivity contribution in [3.05, 3.63) is 47.0 Å². The first-order chi connectivity index (χ1) is 10.7. The highest BCUT2D eigenvalue weighted by Gasteiger charge is 2.21. The van der Waals surface area contributed by atoms with Gasteiger partial charge in [0.2, 0.25) is 0 Å². The van der Waals surface area contributed by atoms with Gasteiger partial charge in [-0.1, -0.05) is 0 Å². The van der Waals surface area contributed by atoms with Gasteiger partial charge in [0.1, 0.15) is 5.82 Å². The van der Waals surface area contributed by atoms with E-state index in [1.165, 1.54) is 0 Å². The van der Waals surface area contributed by atoms with Crippen LogP contribution in [0.3, 0.4) is 0 Å². The molecule has 0 fully saturated rings. The van der Waals surface area contributed by atoms with Crippen molar-refractivity contribution in [2.24, 2.45) is 0 Å². The number of hydrogen-bond donors (Lipinski definition) is 1. The first kappa shape index (κ1) is 13.5. The van der Waals surface area contributed by atoms with Crippen LogP contribution in [0, 0.1) is 6.92 Å². The van der Waals surface area contributed by atoms with E-state index < -0.39 is 0 Å². The summed E-state index contributed by atoms with van der Waals surface area (Å²) in [7, 11) is 0. The summed E-state index contributed by atoms with van der Waals surface area (Å²) in [5, 5.41) is 3.14. The number of thiazole rings is 1. The molecule has 1 N–H and O–H groups in total. The van der Waals surface area contributed by atoms with Crippen molar-refractivity contribution >= 4 is 27.5 Å². The zero-order chi connectivity index (χ0) is 15.1. The van der Waals surface area contributed by atoms with E-state index in [9.17, 15) is 4.79 Å². The monoisotopic (exact) mass is 312 g/mol. The normalized spacial score (nSPS) is 17.4. The quantitative estimate of drug-likeness (QED) is 0.791. The van der Waals surface area contributed by atoms with Crippen LogP contribution >= 0.6 is 11.3 Å². The summed E-state index contributed by atoms with van der Waals surface area (Å²) >= 11 is 1.55. The average molecular weight is 312 g/mol. The maximum Gasteiger partial charge on any atom is 0.251 e. The molecule has 0 bridgehead atoms. The van der Waals surface area contributed by atoms with E-state index in [1.807, 2.05) is 25.1 Å². The van der Waals surface area contributed by atoms with Crippen LogP contribution in [0.2, 0.25) is 0 Å². The van der Waals surface area contributed by atoms with Gasteiger partial charge in [0, 0.05) is 30.8 Å². The molecule has 1 atom stereocenters. The maximum atomic E-state index is 12.4. The predicted molar refractivity (Wildman–Crippen MR) is 86.2 cm³/mol. The van der Waals surface area contributed by atoms with E-state index in [1.54, 1.807) is 16.8 Å². The summed E-state index contributed by atoms with van der Waals surface area (Å²) in [6, 6.07) is 5.81. The second-order valence-corrected chi connectivity index (χ2v) is 6.58. The molecule has 3 heterocycles. The fraction of sp³-hybridized carbons (Fsp3) is 0.312. The minimum Gasteiger partial charge on any atom is -0.347 e. The molecule has 4 rings (SSSR count). The van der Waals surface area contributed by atoms with Crippen LogP contribution in [-0.4, -0.2) is 26.5 Å². The van der Waals surface area contributed by atoms with Gasteiger partial charge in [0.25, 0.3) is 5.91 Å². The van der Waals surface area contributed by atoms with Gasteiger partial charge in [0.15, 0.2) is 0 Å². The molecule has 1 aliphatic heterocycles. The lowest BCUT2D eigenvalue weighted by atomic mass is 10.1. The van der Waals surface area contributed by atoms with Crippen LogP contribution in [0.25, 0.3) is 10.2 Å². The Hall–Kier alpha value is -2.21. The van der Waals surface area contributed by atoms with E-state index in [2.05, 4.69) is 26.0 Å². The summed E-state index contributed by atoms with van der Waals surface area (Å²) in [5.41, 5.74) is 4.48. The van der Waals surface area contributed by atoms with Gasteiger partial charge in [0.05, 0.1) is 21.4 Å². The number of aromatic nitrogens is 3. The number of rotatable bonds is 2. The minimum absolute atomic E-state index is 0.0133. The van der Waals surface area contributed by atoms with Crippen LogP contribution in [0.15, 0.2) is 29.9 Å². The molecule has 6 heteroatoms. The molecule has 2 aromatic heterocycles. The Kier molecular flexibility index (Phi) is 3.18. The zero-order valence-corrected chi connectivity index (χ0v) is 13.1. The van der Waals surface area contributed by atoms with Crippen molar-refractivity contribution in [1.82, 2.24) is 19.9 Å². The Morgan fingerprint density at radius 2 is 2.36 bits per heavy atom. The third-order valence-electron chi connectivity index (χ3n) is 4.04. The SMILES string of the molecule is Cc1cn2c(n1)CCC(NC(=O)c1ccc3ncsc3c1)C2. The van der Waals surface area contributed by atoms with E-state index in [0.717, 1.165) is 41.1 Å². The number of carbonyl (C=O) groups is 1. The van der Waals surface area contributed by atoms with Crippen LogP contribution < -0.4 is 5.32 Å². The Balaban J connectivity index is 1.50. The number of fused-ring (bicyclic) bond motifs is 2. The molecule has 0 radical (unpaired) electrons. The largest absolute Gasteiger partial charge is 0.347 e. The summed E-state index contributed by atoms with van der Waals surface area (Å²) in [6.07, 6.45) is 3.90. The van der Waals surface area contributed by atoms with Crippen LogP contribution in [0.4, 0.5) is 0 Å².